The molecule has 0 saturated carbocycles. The van der Waals surface area contributed by atoms with E-state index in [0.29, 0.717) is 17.1 Å². The van der Waals surface area contributed by atoms with Gasteiger partial charge in [0, 0.05) is 48.9 Å². The number of carbonyl (C=O) groups excluding carboxylic acids is 1. The Kier molecular flexibility index (Phi) is 7.05. The van der Waals surface area contributed by atoms with E-state index in [1.165, 1.54) is 0 Å². The number of halogens is 1. The molecule has 1 N–H and O–H groups in total. The smallest absolute Gasteiger partial charge is 0.247 e. The normalized spacial score (nSPS) is 17.6. The van der Waals surface area contributed by atoms with Gasteiger partial charge < -0.3 is 10.2 Å². The summed E-state index contributed by atoms with van der Waals surface area (Å²) in [4.78, 5) is 17.3. The van der Waals surface area contributed by atoms with E-state index >= 15 is 0 Å². The van der Waals surface area contributed by atoms with Gasteiger partial charge in [0.1, 0.15) is 0 Å². The van der Waals surface area contributed by atoms with Gasteiger partial charge in [0.15, 0.2) is 0 Å². The van der Waals surface area contributed by atoms with E-state index in [0.717, 1.165) is 38.3 Å². The summed E-state index contributed by atoms with van der Waals surface area (Å²) in [6.45, 7) is 14.5. The predicted octanol–water partition coefficient (Wildman–Crippen LogP) is 3.28. The first-order chi connectivity index (χ1) is 11.8. The molecule has 0 aromatic heterocycles. The number of piperazine rings is 1. The molecule has 5 heteroatoms. The Morgan fingerprint density at radius 1 is 1.20 bits per heavy atom. The van der Waals surface area contributed by atoms with Gasteiger partial charge in [-0.05, 0) is 51.1 Å². The number of likely N-dealkylation sites (N-methyl/N-ethyl adjacent to an activating group) is 1. The molecule has 2 rings (SSSR count). The van der Waals surface area contributed by atoms with Crippen LogP contribution in [0.5, 0.6) is 0 Å². The minimum atomic E-state index is -0.0456. The maximum Gasteiger partial charge on any atom is 0.247 e. The summed E-state index contributed by atoms with van der Waals surface area (Å²) >= 11 is 5.90. The van der Waals surface area contributed by atoms with Crippen LogP contribution in [0.4, 0.5) is 0 Å². The minimum absolute atomic E-state index is 0.0183. The zero-order valence-electron chi connectivity index (χ0n) is 15.8. The highest BCUT2D eigenvalue weighted by Crippen LogP contribution is 2.17. The van der Waals surface area contributed by atoms with E-state index in [1.54, 1.807) is 0 Å². The van der Waals surface area contributed by atoms with Crippen molar-refractivity contribution in [3.05, 3.63) is 40.4 Å². The molecule has 1 aromatic rings. The van der Waals surface area contributed by atoms with Gasteiger partial charge in [-0.1, -0.05) is 30.7 Å². The molecule has 1 saturated heterocycles. The van der Waals surface area contributed by atoms with Crippen LogP contribution < -0.4 is 5.32 Å². The minimum Gasteiger partial charge on any atom is -0.350 e. The van der Waals surface area contributed by atoms with E-state index in [4.69, 9.17) is 11.6 Å². The van der Waals surface area contributed by atoms with Crippen LogP contribution in [-0.4, -0.2) is 60.5 Å². The lowest BCUT2D eigenvalue weighted by Gasteiger charge is -2.44. The maximum absolute atomic E-state index is 12.4. The molecule has 4 nitrogen and oxygen atoms in total. The molecule has 25 heavy (non-hydrogen) atoms. The third-order valence-corrected chi connectivity index (χ3v) is 5.22. The van der Waals surface area contributed by atoms with Crippen LogP contribution in [0.25, 0.3) is 6.08 Å². The van der Waals surface area contributed by atoms with Crippen molar-refractivity contribution in [1.82, 2.24) is 15.1 Å². The van der Waals surface area contributed by atoms with Gasteiger partial charge in [-0.2, -0.15) is 0 Å². The van der Waals surface area contributed by atoms with E-state index < -0.39 is 0 Å². The molecule has 138 valence electrons. The monoisotopic (exact) mass is 363 g/mol. The van der Waals surface area contributed by atoms with Crippen molar-refractivity contribution in [1.29, 1.82) is 0 Å². The number of nitrogens with one attached hydrogen (secondary N) is 1. The number of hydrogen-bond donors (Lipinski definition) is 1. The fraction of sp³-hybridized carbons (Fsp3) is 0.550. The quantitative estimate of drug-likeness (QED) is 0.788. The zero-order chi connectivity index (χ0) is 18.4. The molecule has 0 atom stereocenters. The van der Waals surface area contributed by atoms with Crippen LogP contribution >= 0.6 is 11.6 Å². The zero-order valence-corrected chi connectivity index (χ0v) is 16.6. The summed E-state index contributed by atoms with van der Waals surface area (Å²) in [5.74, 6) is -0.0183. The molecular weight excluding hydrogens is 334 g/mol. The Hall–Kier alpha value is -1.36. The summed E-state index contributed by atoms with van der Waals surface area (Å²) in [7, 11) is 0. The van der Waals surface area contributed by atoms with Gasteiger partial charge in [-0.25, -0.2) is 0 Å². The van der Waals surface area contributed by atoms with E-state index in [-0.39, 0.29) is 11.4 Å². The molecular formula is C20H30ClN3O. The third-order valence-electron chi connectivity index (χ3n) is 4.97. The lowest BCUT2D eigenvalue weighted by Crippen LogP contribution is -2.58. The summed E-state index contributed by atoms with van der Waals surface area (Å²) in [6.07, 6.45) is 1.89. The molecule has 1 fully saturated rings. The second-order valence-corrected chi connectivity index (χ2v) is 7.73. The van der Waals surface area contributed by atoms with Gasteiger partial charge in [0.25, 0.3) is 0 Å². The van der Waals surface area contributed by atoms with Crippen LogP contribution in [0.2, 0.25) is 5.02 Å². The average Bonchev–Trinajstić information content (AvgIpc) is 2.61. The van der Waals surface area contributed by atoms with E-state index in [1.807, 2.05) is 37.3 Å². The van der Waals surface area contributed by atoms with E-state index in [2.05, 4.69) is 35.9 Å². The second-order valence-electron chi connectivity index (χ2n) is 7.30. The highest BCUT2D eigenvalue weighted by Gasteiger charge is 2.29. The van der Waals surface area contributed by atoms with Gasteiger partial charge in [-0.3, -0.25) is 9.69 Å². The lowest BCUT2D eigenvalue weighted by atomic mass is 10.0. The maximum atomic E-state index is 12.4. The van der Waals surface area contributed by atoms with Crippen molar-refractivity contribution in [2.24, 2.45) is 0 Å². The first-order valence-corrected chi connectivity index (χ1v) is 9.39. The Labute approximate surface area is 156 Å². The van der Waals surface area contributed by atoms with Crippen LogP contribution in [0.3, 0.4) is 0 Å². The molecule has 0 bridgehead atoms. The topological polar surface area (TPSA) is 35.6 Å². The molecule has 1 aliphatic heterocycles. The molecule has 0 unspecified atom stereocenters. The van der Waals surface area contributed by atoms with Crippen molar-refractivity contribution in [3.8, 4) is 0 Å². The highest BCUT2D eigenvalue weighted by atomic mass is 35.5. The van der Waals surface area contributed by atoms with Crippen molar-refractivity contribution in [2.75, 3.05) is 39.3 Å². The second kappa shape index (κ2) is 8.84. The highest BCUT2D eigenvalue weighted by molar-refractivity contribution is 6.30. The molecule has 1 heterocycles. The van der Waals surface area contributed by atoms with Gasteiger partial charge in [0.2, 0.25) is 5.91 Å². The molecule has 1 amide bonds. The number of carbonyl (C=O) groups is 1. The summed E-state index contributed by atoms with van der Waals surface area (Å²) in [6, 6.07) is 7.49. The molecule has 1 aromatic carbocycles. The van der Waals surface area contributed by atoms with Gasteiger partial charge >= 0.3 is 0 Å². The van der Waals surface area contributed by atoms with Crippen LogP contribution in [0.1, 0.15) is 33.3 Å². The number of hydrogen-bond acceptors (Lipinski definition) is 3. The summed E-state index contributed by atoms with van der Waals surface area (Å²) < 4.78 is 0. The number of nitrogens with zero attached hydrogens (tertiary/aromatic N) is 2. The third kappa shape index (κ3) is 5.84. The standard InChI is InChI=1S/C20H30ClN3O/c1-5-23-10-12-24(13-11-23)20(3,4)15-22-19(25)16(2)14-17-6-8-18(21)9-7-17/h6-9,14H,5,10-13,15H2,1-4H3,(H,22,25)/b16-14+. The van der Waals surface area contributed by atoms with Crippen LogP contribution in [0, 0.1) is 0 Å². The number of amides is 1. The van der Waals surface area contributed by atoms with E-state index in [9.17, 15) is 4.79 Å². The summed E-state index contributed by atoms with van der Waals surface area (Å²) in [5, 5.41) is 3.79. The van der Waals surface area contributed by atoms with Crippen molar-refractivity contribution >= 4 is 23.6 Å². The fourth-order valence-electron chi connectivity index (χ4n) is 3.09. The first kappa shape index (κ1) is 20.0. The molecule has 0 aliphatic carbocycles. The Balaban J connectivity index is 1.88. The predicted molar refractivity (Wildman–Crippen MR) is 106 cm³/mol. The SMILES string of the molecule is CCN1CCN(C(C)(C)CNC(=O)/C(C)=C/c2ccc(Cl)cc2)CC1. The molecule has 1 aliphatic rings. The fourth-order valence-corrected chi connectivity index (χ4v) is 3.22. The largest absolute Gasteiger partial charge is 0.350 e. The van der Waals surface area contributed by atoms with Crippen molar-refractivity contribution in [3.63, 3.8) is 0 Å². The van der Waals surface area contributed by atoms with Crippen LogP contribution in [-0.2, 0) is 4.79 Å². The number of benzene rings is 1. The average molecular weight is 364 g/mol. The number of rotatable bonds is 6. The molecule has 0 radical (unpaired) electrons. The Morgan fingerprint density at radius 2 is 1.80 bits per heavy atom. The van der Waals surface area contributed by atoms with Gasteiger partial charge in [0.05, 0.1) is 0 Å². The van der Waals surface area contributed by atoms with Crippen molar-refractivity contribution < 1.29 is 4.79 Å². The Morgan fingerprint density at radius 3 is 2.36 bits per heavy atom. The van der Waals surface area contributed by atoms with Crippen LogP contribution in [0.15, 0.2) is 29.8 Å². The molecule has 0 spiro atoms. The Bertz CT molecular complexity index is 602. The lowest BCUT2D eigenvalue weighted by molar-refractivity contribution is -0.118. The first-order valence-electron chi connectivity index (χ1n) is 9.01. The van der Waals surface area contributed by atoms with Crippen molar-refractivity contribution in [2.45, 2.75) is 33.2 Å². The van der Waals surface area contributed by atoms with Gasteiger partial charge in [-0.15, -0.1) is 0 Å². The summed E-state index contributed by atoms with van der Waals surface area (Å²) in [5.41, 5.74) is 1.64.